The van der Waals surface area contributed by atoms with Crippen molar-refractivity contribution in [2.75, 3.05) is 0 Å². The minimum atomic E-state index is -0.0671. The summed E-state index contributed by atoms with van der Waals surface area (Å²) >= 11 is 0. The molecule has 1 aromatic rings. The van der Waals surface area contributed by atoms with E-state index in [1.54, 1.807) is 6.07 Å². The van der Waals surface area contributed by atoms with Crippen molar-refractivity contribution >= 4 is 0 Å². The second-order valence-corrected chi connectivity index (χ2v) is 3.63. The highest BCUT2D eigenvalue weighted by molar-refractivity contribution is 5.33. The first-order valence-electron chi connectivity index (χ1n) is 5.29. The molecule has 1 rings (SSSR count). The molecule has 0 bridgehead atoms. The lowest BCUT2D eigenvalue weighted by atomic mass is 9.96. The maximum atomic E-state index is 13.4. The largest absolute Gasteiger partial charge is 0.207 e. The first-order chi connectivity index (χ1) is 6.52. The number of halogens is 1. The summed E-state index contributed by atoms with van der Waals surface area (Å²) < 4.78 is 13.4. The molecule has 1 aromatic carbocycles. The SMILES string of the molecule is CC.Cc1cc(C)c(C(C)C)c(F)c1. The lowest BCUT2D eigenvalue weighted by Crippen LogP contribution is -1.97. The molecule has 0 N–H and O–H groups in total. The van der Waals surface area contributed by atoms with Crippen molar-refractivity contribution < 1.29 is 4.39 Å². The van der Waals surface area contributed by atoms with Gasteiger partial charge < -0.3 is 0 Å². The van der Waals surface area contributed by atoms with Crippen LogP contribution in [0.2, 0.25) is 0 Å². The third-order valence-electron chi connectivity index (χ3n) is 2.06. The normalized spacial score (nSPS) is 9.71. The van der Waals surface area contributed by atoms with Crippen LogP contribution < -0.4 is 0 Å². The monoisotopic (exact) mass is 196 g/mol. The summed E-state index contributed by atoms with van der Waals surface area (Å²) in [4.78, 5) is 0. The Bertz CT molecular complexity index is 264. The van der Waals surface area contributed by atoms with Crippen LogP contribution in [0.5, 0.6) is 0 Å². The molecule has 0 nitrogen and oxygen atoms in total. The zero-order chi connectivity index (χ0) is 11.3. The molecule has 14 heavy (non-hydrogen) atoms. The van der Waals surface area contributed by atoms with E-state index in [4.69, 9.17) is 0 Å². The fourth-order valence-electron chi connectivity index (χ4n) is 1.66. The van der Waals surface area contributed by atoms with Crippen LogP contribution in [0.4, 0.5) is 4.39 Å². The topological polar surface area (TPSA) is 0 Å². The molecule has 80 valence electrons. The van der Waals surface area contributed by atoms with Gasteiger partial charge in [-0.1, -0.05) is 33.8 Å². The van der Waals surface area contributed by atoms with Gasteiger partial charge >= 0.3 is 0 Å². The van der Waals surface area contributed by atoms with E-state index in [-0.39, 0.29) is 11.7 Å². The molecular formula is C13H21F. The van der Waals surface area contributed by atoms with E-state index in [2.05, 4.69) is 0 Å². The summed E-state index contributed by atoms with van der Waals surface area (Å²) in [6.45, 7) is 11.9. The number of aryl methyl sites for hydroxylation is 2. The second kappa shape index (κ2) is 5.79. The molecule has 0 saturated heterocycles. The van der Waals surface area contributed by atoms with Crippen molar-refractivity contribution in [1.29, 1.82) is 0 Å². The molecule has 0 saturated carbocycles. The van der Waals surface area contributed by atoms with E-state index >= 15 is 0 Å². The highest BCUT2D eigenvalue weighted by Crippen LogP contribution is 2.23. The maximum Gasteiger partial charge on any atom is 0.127 e. The molecule has 0 heterocycles. The van der Waals surface area contributed by atoms with Crippen molar-refractivity contribution in [2.24, 2.45) is 0 Å². The van der Waals surface area contributed by atoms with Gasteiger partial charge in [0.2, 0.25) is 0 Å². The number of hydrogen-bond donors (Lipinski definition) is 0. The van der Waals surface area contributed by atoms with Crippen LogP contribution in [0.15, 0.2) is 12.1 Å². The fourth-order valence-corrected chi connectivity index (χ4v) is 1.66. The van der Waals surface area contributed by atoms with Crippen LogP contribution in [-0.2, 0) is 0 Å². The molecular weight excluding hydrogens is 175 g/mol. The van der Waals surface area contributed by atoms with Crippen molar-refractivity contribution in [3.63, 3.8) is 0 Å². The quantitative estimate of drug-likeness (QED) is 0.616. The summed E-state index contributed by atoms with van der Waals surface area (Å²) in [5.74, 6) is 0.202. The van der Waals surface area contributed by atoms with Crippen molar-refractivity contribution in [3.05, 3.63) is 34.6 Å². The van der Waals surface area contributed by atoms with Crippen LogP contribution in [-0.4, -0.2) is 0 Å². The Morgan fingerprint density at radius 3 is 1.93 bits per heavy atom. The first kappa shape index (κ1) is 13.2. The Labute approximate surface area is 87.2 Å². The van der Waals surface area contributed by atoms with E-state index in [9.17, 15) is 4.39 Å². The summed E-state index contributed by atoms with van der Waals surface area (Å²) in [6, 6.07) is 3.63. The Balaban J connectivity index is 0.000000791. The Kier molecular flexibility index (Phi) is 5.44. The minimum absolute atomic E-state index is 0.0671. The van der Waals surface area contributed by atoms with Crippen molar-refractivity contribution in [3.8, 4) is 0 Å². The van der Waals surface area contributed by atoms with Gasteiger partial charge in [0.1, 0.15) is 5.82 Å². The average Bonchev–Trinajstić information content (AvgIpc) is 2.04. The molecule has 0 aliphatic heterocycles. The van der Waals surface area contributed by atoms with Crippen molar-refractivity contribution in [1.82, 2.24) is 0 Å². The molecule has 0 amide bonds. The molecule has 0 spiro atoms. The molecule has 1 heteroatoms. The van der Waals surface area contributed by atoms with Gasteiger partial charge in [-0.3, -0.25) is 0 Å². The predicted octanol–water partition coefficient (Wildman–Crippen LogP) is 4.59. The van der Waals surface area contributed by atoms with E-state index in [0.717, 1.165) is 16.7 Å². The van der Waals surface area contributed by atoms with Crippen LogP contribution in [0.25, 0.3) is 0 Å². The summed E-state index contributed by atoms with van der Waals surface area (Å²) in [5.41, 5.74) is 2.90. The predicted molar refractivity (Wildman–Crippen MR) is 61.3 cm³/mol. The van der Waals surface area contributed by atoms with Gasteiger partial charge in [-0.15, -0.1) is 0 Å². The van der Waals surface area contributed by atoms with Gasteiger partial charge in [0.25, 0.3) is 0 Å². The second-order valence-electron chi connectivity index (χ2n) is 3.63. The van der Waals surface area contributed by atoms with Gasteiger partial charge in [-0.2, -0.15) is 0 Å². The smallest absolute Gasteiger partial charge is 0.127 e. The summed E-state index contributed by atoms with van der Waals surface area (Å²) in [6.07, 6.45) is 0. The van der Waals surface area contributed by atoms with Crippen LogP contribution in [0.3, 0.4) is 0 Å². The lowest BCUT2D eigenvalue weighted by Gasteiger charge is -2.11. The van der Waals surface area contributed by atoms with Gasteiger partial charge in [0, 0.05) is 0 Å². The van der Waals surface area contributed by atoms with Crippen molar-refractivity contribution in [2.45, 2.75) is 47.5 Å². The van der Waals surface area contributed by atoms with Gasteiger partial charge in [-0.25, -0.2) is 4.39 Å². The van der Waals surface area contributed by atoms with Crippen LogP contribution in [0.1, 0.15) is 50.3 Å². The van der Waals surface area contributed by atoms with Crippen LogP contribution >= 0.6 is 0 Å². The molecule has 0 aliphatic carbocycles. The standard InChI is InChI=1S/C11H15F.C2H6/c1-7(2)11-9(4)5-8(3)6-10(11)12;1-2/h5-7H,1-4H3;1-2H3. The molecule has 0 radical (unpaired) electrons. The fraction of sp³-hybridized carbons (Fsp3) is 0.538. The molecule has 0 fully saturated rings. The minimum Gasteiger partial charge on any atom is -0.207 e. The van der Waals surface area contributed by atoms with Crippen LogP contribution in [0, 0.1) is 19.7 Å². The van der Waals surface area contributed by atoms with E-state index in [1.165, 1.54) is 0 Å². The zero-order valence-electron chi connectivity index (χ0n) is 10.1. The molecule has 0 unspecified atom stereocenters. The third kappa shape index (κ3) is 3.13. The zero-order valence-corrected chi connectivity index (χ0v) is 10.1. The highest BCUT2D eigenvalue weighted by Gasteiger charge is 2.09. The number of rotatable bonds is 1. The van der Waals surface area contributed by atoms with E-state index < -0.39 is 0 Å². The molecule has 0 atom stereocenters. The van der Waals surface area contributed by atoms with E-state index in [1.807, 2.05) is 47.6 Å². The van der Waals surface area contributed by atoms with E-state index in [0.29, 0.717) is 0 Å². The van der Waals surface area contributed by atoms with Gasteiger partial charge in [-0.05, 0) is 42.5 Å². The first-order valence-corrected chi connectivity index (χ1v) is 5.29. The molecule has 0 aromatic heterocycles. The average molecular weight is 196 g/mol. The Morgan fingerprint density at radius 2 is 1.57 bits per heavy atom. The highest BCUT2D eigenvalue weighted by atomic mass is 19.1. The summed E-state index contributed by atoms with van der Waals surface area (Å²) in [7, 11) is 0. The Morgan fingerprint density at radius 1 is 1.07 bits per heavy atom. The number of benzene rings is 1. The number of hydrogen-bond acceptors (Lipinski definition) is 0. The summed E-state index contributed by atoms with van der Waals surface area (Å²) in [5, 5.41) is 0. The van der Waals surface area contributed by atoms with Gasteiger partial charge in [0.05, 0.1) is 0 Å². The molecule has 0 aliphatic rings. The van der Waals surface area contributed by atoms with Gasteiger partial charge in [0.15, 0.2) is 0 Å². The maximum absolute atomic E-state index is 13.4. The lowest BCUT2D eigenvalue weighted by molar-refractivity contribution is 0.594. The Hall–Kier alpha value is -0.850. The third-order valence-corrected chi connectivity index (χ3v) is 2.06.